The van der Waals surface area contributed by atoms with E-state index in [1.165, 1.54) is 4.68 Å². The highest BCUT2D eigenvalue weighted by Crippen LogP contribution is 2.17. The highest BCUT2D eigenvalue weighted by atomic mass is 16.2. The van der Waals surface area contributed by atoms with Gasteiger partial charge in [0.2, 0.25) is 5.91 Å². The van der Waals surface area contributed by atoms with Crippen molar-refractivity contribution in [2.75, 3.05) is 11.9 Å². The van der Waals surface area contributed by atoms with Gasteiger partial charge in [-0.25, -0.2) is 4.68 Å². The molecule has 1 fully saturated rings. The summed E-state index contributed by atoms with van der Waals surface area (Å²) in [6, 6.07) is 11.3. The van der Waals surface area contributed by atoms with Gasteiger partial charge in [0.05, 0.1) is 5.69 Å². The lowest BCUT2D eigenvalue weighted by molar-refractivity contribution is -0.136. The molecule has 0 aliphatic carbocycles. The van der Waals surface area contributed by atoms with E-state index in [-0.39, 0.29) is 11.9 Å². The van der Waals surface area contributed by atoms with E-state index >= 15 is 0 Å². The molecule has 3 rings (SSSR count). The van der Waals surface area contributed by atoms with Crippen molar-refractivity contribution in [3.63, 3.8) is 0 Å². The molecule has 1 aromatic carbocycles. The average molecular weight is 384 g/mol. The Morgan fingerprint density at radius 3 is 2.71 bits per heavy atom. The molecule has 0 bridgehead atoms. The van der Waals surface area contributed by atoms with Crippen LogP contribution >= 0.6 is 0 Å². The molecular formula is C19H24N6O3. The third-order valence-corrected chi connectivity index (χ3v) is 4.32. The van der Waals surface area contributed by atoms with Crippen molar-refractivity contribution in [1.29, 1.82) is 0 Å². The summed E-state index contributed by atoms with van der Waals surface area (Å²) >= 11 is 0. The summed E-state index contributed by atoms with van der Waals surface area (Å²) in [6.07, 6.45) is 0.399. The van der Waals surface area contributed by atoms with Crippen LogP contribution in [0.1, 0.15) is 30.9 Å². The molecule has 0 saturated carbocycles. The number of rotatable bonds is 5. The molecule has 2 atom stereocenters. The highest BCUT2D eigenvalue weighted by molar-refractivity contribution is 6.39. The number of hydrogen-bond acceptors (Lipinski definition) is 5. The summed E-state index contributed by atoms with van der Waals surface area (Å²) in [5.41, 5.74) is 1.72. The zero-order valence-corrected chi connectivity index (χ0v) is 15.9. The number of nitrogens with zero attached hydrogens (tertiary/aromatic N) is 2. The highest BCUT2D eigenvalue weighted by Gasteiger charge is 2.27. The van der Waals surface area contributed by atoms with E-state index in [0.29, 0.717) is 30.9 Å². The fourth-order valence-electron chi connectivity index (χ4n) is 3.02. The molecule has 1 aliphatic heterocycles. The monoisotopic (exact) mass is 384 g/mol. The lowest BCUT2D eigenvalue weighted by atomic mass is 10.1. The lowest BCUT2D eigenvalue weighted by Gasteiger charge is -2.30. The van der Waals surface area contributed by atoms with Crippen LogP contribution in [0.25, 0.3) is 0 Å². The van der Waals surface area contributed by atoms with E-state index in [2.05, 4.69) is 26.4 Å². The second-order valence-corrected chi connectivity index (χ2v) is 6.80. The topological polar surface area (TPSA) is 117 Å². The zero-order valence-electron chi connectivity index (χ0n) is 15.9. The fourth-order valence-corrected chi connectivity index (χ4v) is 3.02. The molecule has 9 nitrogen and oxygen atoms in total. The number of amides is 3. The summed E-state index contributed by atoms with van der Waals surface area (Å²) in [4.78, 5) is 36.2. The molecule has 0 radical (unpaired) electrons. The minimum atomic E-state index is -0.788. The fraction of sp³-hybridized carbons (Fsp3) is 0.368. The molecule has 2 aromatic rings. The molecule has 148 valence electrons. The minimum Gasteiger partial charge on any atom is -0.347 e. The van der Waals surface area contributed by atoms with Crippen LogP contribution in [-0.4, -0.2) is 40.1 Å². The van der Waals surface area contributed by atoms with Crippen LogP contribution in [-0.2, 0) is 20.8 Å². The molecule has 4 N–H and O–H groups in total. The van der Waals surface area contributed by atoms with Gasteiger partial charge in [0.1, 0.15) is 5.82 Å². The van der Waals surface area contributed by atoms with Crippen LogP contribution in [0.3, 0.4) is 0 Å². The Morgan fingerprint density at radius 1 is 1.25 bits per heavy atom. The molecule has 0 spiro atoms. The van der Waals surface area contributed by atoms with E-state index < -0.39 is 18.1 Å². The quantitative estimate of drug-likeness (QED) is 0.558. The lowest BCUT2D eigenvalue weighted by Crippen LogP contribution is -2.52. The molecule has 9 heteroatoms. The van der Waals surface area contributed by atoms with Crippen molar-refractivity contribution >= 4 is 23.5 Å². The number of hydrogen-bond donors (Lipinski definition) is 4. The number of carbonyl (C=O) groups excluding carboxylic acids is 3. The summed E-state index contributed by atoms with van der Waals surface area (Å²) in [5, 5.41) is 15.4. The second-order valence-electron chi connectivity index (χ2n) is 6.80. The first kappa shape index (κ1) is 19.6. The maximum absolute atomic E-state index is 12.3. The Kier molecular flexibility index (Phi) is 6.05. The molecule has 1 aromatic heterocycles. The molecule has 1 saturated heterocycles. The molecule has 2 unspecified atom stereocenters. The third-order valence-electron chi connectivity index (χ3n) is 4.32. The molecule has 3 amide bonds. The number of anilines is 1. The van der Waals surface area contributed by atoms with Crippen molar-refractivity contribution in [1.82, 2.24) is 25.7 Å². The predicted molar refractivity (Wildman–Crippen MR) is 103 cm³/mol. The number of carbonyl (C=O) groups is 3. The van der Waals surface area contributed by atoms with Gasteiger partial charge in [-0.05, 0) is 25.8 Å². The van der Waals surface area contributed by atoms with Crippen molar-refractivity contribution < 1.29 is 14.4 Å². The first-order chi connectivity index (χ1) is 13.4. The van der Waals surface area contributed by atoms with Crippen LogP contribution in [0.2, 0.25) is 0 Å². The van der Waals surface area contributed by atoms with Gasteiger partial charge in [0.25, 0.3) is 0 Å². The van der Waals surface area contributed by atoms with Gasteiger partial charge in [-0.1, -0.05) is 30.3 Å². The van der Waals surface area contributed by atoms with Gasteiger partial charge < -0.3 is 16.0 Å². The van der Waals surface area contributed by atoms with Gasteiger partial charge >= 0.3 is 11.8 Å². The Balaban J connectivity index is 1.59. The van der Waals surface area contributed by atoms with Gasteiger partial charge in [0, 0.05) is 25.1 Å². The maximum Gasteiger partial charge on any atom is 0.314 e. The van der Waals surface area contributed by atoms with Crippen molar-refractivity contribution in [2.45, 2.75) is 39.0 Å². The molecule has 2 heterocycles. The van der Waals surface area contributed by atoms with Crippen molar-refractivity contribution in [3.8, 4) is 0 Å². The van der Waals surface area contributed by atoms with E-state index in [9.17, 15) is 14.4 Å². The molecular weight excluding hydrogens is 360 g/mol. The Hall–Kier alpha value is -3.20. The summed E-state index contributed by atoms with van der Waals surface area (Å²) in [6.45, 7) is 4.01. The van der Waals surface area contributed by atoms with Gasteiger partial charge in [-0.2, -0.15) is 5.10 Å². The van der Waals surface area contributed by atoms with Gasteiger partial charge in [-0.3, -0.25) is 19.7 Å². The van der Waals surface area contributed by atoms with Crippen LogP contribution in [0, 0.1) is 6.92 Å². The SMILES string of the molecule is Cc1cc(NC(=O)C(=O)NCCc2ccccc2)n(C2NC(=O)CC(C)N2)n1. The van der Waals surface area contributed by atoms with Crippen LogP contribution < -0.4 is 21.3 Å². The Labute approximate surface area is 162 Å². The average Bonchev–Trinajstić information content (AvgIpc) is 3.02. The minimum absolute atomic E-state index is 0.0342. The van der Waals surface area contributed by atoms with Crippen LogP contribution in [0.4, 0.5) is 5.82 Å². The van der Waals surface area contributed by atoms with E-state index in [1.54, 1.807) is 13.0 Å². The standard InChI is InChI=1S/C19H24N6O3/c1-12-11-16(26)23-19(21-12)25-15(10-13(2)24-25)22-18(28)17(27)20-9-8-14-6-4-3-5-7-14/h3-7,10,12,19,21H,8-9,11H2,1-2H3,(H,20,27)(H,22,28)(H,23,26). The Morgan fingerprint density at radius 2 is 2.00 bits per heavy atom. The zero-order chi connectivity index (χ0) is 20.1. The van der Waals surface area contributed by atoms with Crippen molar-refractivity contribution in [3.05, 3.63) is 47.7 Å². The molecule has 28 heavy (non-hydrogen) atoms. The van der Waals surface area contributed by atoms with Crippen LogP contribution in [0.15, 0.2) is 36.4 Å². The van der Waals surface area contributed by atoms with Crippen LogP contribution in [0.5, 0.6) is 0 Å². The second kappa shape index (κ2) is 8.66. The molecule has 1 aliphatic rings. The summed E-state index contributed by atoms with van der Waals surface area (Å²) in [7, 11) is 0. The number of aromatic nitrogens is 2. The summed E-state index contributed by atoms with van der Waals surface area (Å²) < 4.78 is 1.46. The largest absolute Gasteiger partial charge is 0.347 e. The van der Waals surface area contributed by atoms with E-state index in [0.717, 1.165) is 5.56 Å². The van der Waals surface area contributed by atoms with Crippen molar-refractivity contribution in [2.24, 2.45) is 0 Å². The number of aryl methyl sites for hydroxylation is 1. The van der Waals surface area contributed by atoms with E-state index in [1.807, 2.05) is 37.3 Å². The van der Waals surface area contributed by atoms with E-state index in [4.69, 9.17) is 0 Å². The first-order valence-electron chi connectivity index (χ1n) is 9.17. The normalized spacial score (nSPS) is 19.0. The third kappa shape index (κ3) is 4.95. The van der Waals surface area contributed by atoms with Gasteiger partial charge in [0.15, 0.2) is 6.29 Å². The van der Waals surface area contributed by atoms with Gasteiger partial charge in [-0.15, -0.1) is 0 Å². The number of benzene rings is 1. The first-order valence-corrected chi connectivity index (χ1v) is 9.17. The summed E-state index contributed by atoms with van der Waals surface area (Å²) in [5.74, 6) is -1.30. The smallest absolute Gasteiger partial charge is 0.314 e. The predicted octanol–water partition coefficient (Wildman–Crippen LogP) is 0.443. The Bertz CT molecular complexity index is 864. The number of nitrogens with one attached hydrogen (secondary N) is 4. The maximum atomic E-state index is 12.3.